The van der Waals surface area contributed by atoms with Crippen molar-refractivity contribution in [3.05, 3.63) is 57.6 Å². The smallest absolute Gasteiger partial charge is 0.261 e. The quantitative estimate of drug-likeness (QED) is 0.768. The molecule has 0 atom stereocenters. The fraction of sp³-hybridized carbons (Fsp3) is 0.176. The van der Waals surface area contributed by atoms with Gasteiger partial charge >= 0.3 is 0 Å². The summed E-state index contributed by atoms with van der Waals surface area (Å²) in [7, 11) is 1.52. The normalized spacial score (nSPS) is 10.1. The summed E-state index contributed by atoms with van der Waals surface area (Å²) in [6.45, 7) is 4.06. The number of hydrogen-bond acceptors (Lipinski definition) is 3. The van der Waals surface area contributed by atoms with Crippen LogP contribution in [0.5, 0.6) is 5.75 Å². The van der Waals surface area contributed by atoms with Crippen LogP contribution in [-0.4, -0.2) is 18.1 Å². The van der Waals surface area contributed by atoms with Crippen molar-refractivity contribution in [2.24, 2.45) is 0 Å². The number of carbonyl (C=O) groups excluding carboxylic acids is 1. The van der Waals surface area contributed by atoms with Crippen molar-refractivity contribution < 1.29 is 9.53 Å². The molecule has 0 saturated carbocycles. The number of rotatable bonds is 3. The highest BCUT2D eigenvalue weighted by Gasteiger charge is 2.14. The van der Waals surface area contributed by atoms with Crippen LogP contribution in [-0.2, 0) is 0 Å². The van der Waals surface area contributed by atoms with Gasteiger partial charge in [0.15, 0.2) is 5.11 Å². The monoisotopic (exact) mass is 392 g/mol. The van der Waals surface area contributed by atoms with Crippen LogP contribution in [0, 0.1) is 13.8 Å². The van der Waals surface area contributed by atoms with Gasteiger partial charge in [0.1, 0.15) is 5.75 Å². The molecular formula is C17H17BrN2O2S. The third-order valence-electron chi connectivity index (χ3n) is 3.40. The summed E-state index contributed by atoms with van der Waals surface area (Å²) in [6, 6.07) is 11.1. The van der Waals surface area contributed by atoms with E-state index in [1.54, 1.807) is 18.2 Å². The van der Waals surface area contributed by atoms with E-state index in [4.69, 9.17) is 17.0 Å². The van der Waals surface area contributed by atoms with Gasteiger partial charge in [0, 0.05) is 10.2 Å². The molecule has 0 fully saturated rings. The Hall–Kier alpha value is -1.92. The molecule has 0 aliphatic rings. The number of halogens is 1. The Kier molecular flexibility index (Phi) is 5.74. The summed E-state index contributed by atoms with van der Waals surface area (Å²) in [5.74, 6) is 0.157. The van der Waals surface area contributed by atoms with Crippen LogP contribution in [0.25, 0.3) is 0 Å². The number of aryl methyl sites for hydroxylation is 2. The van der Waals surface area contributed by atoms with E-state index >= 15 is 0 Å². The van der Waals surface area contributed by atoms with E-state index < -0.39 is 0 Å². The summed E-state index contributed by atoms with van der Waals surface area (Å²) in [5, 5.41) is 5.91. The zero-order chi connectivity index (χ0) is 17.0. The maximum Gasteiger partial charge on any atom is 0.261 e. The number of anilines is 1. The van der Waals surface area contributed by atoms with E-state index in [0.717, 1.165) is 15.7 Å². The maximum absolute atomic E-state index is 12.4. The first-order valence-corrected chi connectivity index (χ1v) is 8.14. The number of carbonyl (C=O) groups is 1. The van der Waals surface area contributed by atoms with Gasteiger partial charge in [-0.1, -0.05) is 22.0 Å². The molecule has 0 saturated heterocycles. The second-order valence-electron chi connectivity index (χ2n) is 5.05. The molecule has 2 aromatic carbocycles. The van der Waals surface area contributed by atoms with E-state index in [9.17, 15) is 4.79 Å². The van der Waals surface area contributed by atoms with Crippen molar-refractivity contribution in [3.63, 3.8) is 0 Å². The number of methoxy groups -OCH3 is 1. The predicted molar refractivity (Wildman–Crippen MR) is 100 cm³/mol. The Morgan fingerprint density at radius 1 is 1.13 bits per heavy atom. The first-order valence-electron chi connectivity index (χ1n) is 6.94. The van der Waals surface area contributed by atoms with Gasteiger partial charge in [0.05, 0.1) is 12.7 Å². The van der Waals surface area contributed by atoms with Crippen LogP contribution in [0.3, 0.4) is 0 Å². The van der Waals surface area contributed by atoms with Crippen molar-refractivity contribution in [1.29, 1.82) is 0 Å². The van der Waals surface area contributed by atoms with Gasteiger partial charge in [0.2, 0.25) is 0 Å². The first-order chi connectivity index (χ1) is 10.9. The lowest BCUT2D eigenvalue weighted by atomic mass is 10.1. The molecule has 0 bridgehead atoms. The molecule has 4 nitrogen and oxygen atoms in total. The molecule has 2 rings (SSSR count). The Bertz CT molecular complexity index is 762. The van der Waals surface area contributed by atoms with E-state index in [1.807, 2.05) is 32.0 Å². The second-order valence-corrected chi connectivity index (χ2v) is 6.38. The van der Waals surface area contributed by atoms with Gasteiger partial charge < -0.3 is 10.1 Å². The minimum Gasteiger partial charge on any atom is -0.496 e. The molecule has 120 valence electrons. The van der Waals surface area contributed by atoms with Gasteiger partial charge in [-0.25, -0.2) is 0 Å². The Morgan fingerprint density at radius 2 is 1.87 bits per heavy atom. The predicted octanol–water partition coefficient (Wildman–Crippen LogP) is 4.20. The number of benzene rings is 2. The maximum atomic E-state index is 12.4. The SMILES string of the molecule is COc1ccc(Br)cc1C(=O)NC(=S)Nc1ccc(C)c(C)c1. The van der Waals surface area contributed by atoms with E-state index in [1.165, 1.54) is 12.7 Å². The molecule has 0 aliphatic heterocycles. The second kappa shape index (κ2) is 7.57. The molecule has 0 heterocycles. The van der Waals surface area contributed by atoms with Crippen LogP contribution < -0.4 is 15.4 Å². The molecule has 0 unspecified atom stereocenters. The average Bonchev–Trinajstić information content (AvgIpc) is 2.50. The largest absolute Gasteiger partial charge is 0.496 e. The average molecular weight is 393 g/mol. The highest BCUT2D eigenvalue weighted by molar-refractivity contribution is 9.10. The molecule has 0 spiro atoms. The highest BCUT2D eigenvalue weighted by Crippen LogP contribution is 2.23. The lowest BCUT2D eigenvalue weighted by Gasteiger charge is -2.12. The third kappa shape index (κ3) is 4.53. The van der Waals surface area contributed by atoms with Gasteiger partial charge in [-0.15, -0.1) is 0 Å². The van der Waals surface area contributed by atoms with E-state index in [2.05, 4.69) is 26.6 Å². The Morgan fingerprint density at radius 3 is 2.52 bits per heavy atom. The number of hydrogen-bond donors (Lipinski definition) is 2. The fourth-order valence-corrected chi connectivity index (χ4v) is 2.58. The van der Waals surface area contributed by atoms with Crippen LogP contribution in [0.1, 0.15) is 21.5 Å². The minimum absolute atomic E-state index is 0.236. The zero-order valence-corrected chi connectivity index (χ0v) is 15.5. The molecule has 1 amide bonds. The molecule has 6 heteroatoms. The standard InChI is InChI=1S/C17H17BrN2O2S/c1-10-4-6-13(8-11(10)2)19-17(23)20-16(21)14-9-12(18)5-7-15(14)22-3/h4-9H,1-3H3,(H2,19,20,21,23). The van der Waals surface area contributed by atoms with Gasteiger partial charge in [-0.3, -0.25) is 10.1 Å². The van der Waals surface area contributed by atoms with Gasteiger partial charge in [-0.05, 0) is 67.5 Å². The zero-order valence-electron chi connectivity index (χ0n) is 13.1. The van der Waals surface area contributed by atoms with E-state index in [-0.39, 0.29) is 11.0 Å². The van der Waals surface area contributed by atoms with Crippen molar-refractivity contribution in [3.8, 4) is 5.75 Å². The van der Waals surface area contributed by atoms with Crippen molar-refractivity contribution in [1.82, 2.24) is 5.32 Å². The van der Waals surface area contributed by atoms with Crippen molar-refractivity contribution in [2.75, 3.05) is 12.4 Å². The number of ether oxygens (including phenoxy) is 1. The van der Waals surface area contributed by atoms with Crippen LogP contribution >= 0.6 is 28.1 Å². The topological polar surface area (TPSA) is 50.4 Å². The van der Waals surface area contributed by atoms with Gasteiger partial charge in [-0.2, -0.15) is 0 Å². The Balaban J connectivity index is 2.09. The van der Waals surface area contributed by atoms with Gasteiger partial charge in [0.25, 0.3) is 5.91 Å². The van der Waals surface area contributed by atoms with Crippen LogP contribution in [0.2, 0.25) is 0 Å². The van der Waals surface area contributed by atoms with Crippen LogP contribution in [0.15, 0.2) is 40.9 Å². The van der Waals surface area contributed by atoms with E-state index in [0.29, 0.717) is 11.3 Å². The third-order valence-corrected chi connectivity index (χ3v) is 4.10. The molecule has 0 aliphatic carbocycles. The first kappa shape index (κ1) is 17.4. The summed E-state index contributed by atoms with van der Waals surface area (Å²) in [4.78, 5) is 12.4. The lowest BCUT2D eigenvalue weighted by Crippen LogP contribution is -2.34. The molecule has 23 heavy (non-hydrogen) atoms. The summed E-state index contributed by atoms with van der Waals surface area (Å²) in [6.07, 6.45) is 0. The van der Waals surface area contributed by atoms with Crippen molar-refractivity contribution in [2.45, 2.75) is 13.8 Å². The summed E-state index contributed by atoms with van der Waals surface area (Å²) < 4.78 is 5.99. The fourth-order valence-electron chi connectivity index (χ4n) is 2.01. The molecular weight excluding hydrogens is 376 g/mol. The molecule has 2 N–H and O–H groups in total. The summed E-state index contributed by atoms with van der Waals surface area (Å²) in [5.41, 5.74) is 3.59. The minimum atomic E-state index is -0.329. The molecule has 0 aromatic heterocycles. The Labute approximate surface area is 149 Å². The number of nitrogens with one attached hydrogen (secondary N) is 2. The van der Waals surface area contributed by atoms with Crippen LogP contribution in [0.4, 0.5) is 5.69 Å². The highest BCUT2D eigenvalue weighted by atomic mass is 79.9. The molecule has 2 aromatic rings. The number of thiocarbonyl (C=S) groups is 1. The lowest BCUT2D eigenvalue weighted by molar-refractivity contribution is 0.0974. The summed E-state index contributed by atoms with van der Waals surface area (Å²) >= 11 is 8.55. The van der Waals surface area contributed by atoms with Crippen molar-refractivity contribution >= 4 is 44.9 Å². The number of amides is 1. The molecule has 0 radical (unpaired) electrons.